The van der Waals surface area contributed by atoms with Crippen LogP contribution < -0.4 is 11.1 Å². The summed E-state index contributed by atoms with van der Waals surface area (Å²) in [4.78, 5) is 14.2. The van der Waals surface area contributed by atoms with E-state index in [-0.39, 0.29) is 6.03 Å². The van der Waals surface area contributed by atoms with Crippen LogP contribution in [0.1, 0.15) is 51.4 Å². The van der Waals surface area contributed by atoms with Crippen LogP contribution in [0.15, 0.2) is 0 Å². The molecule has 3 N–H and O–H groups in total. The summed E-state index contributed by atoms with van der Waals surface area (Å²) in [6.07, 6.45) is 9.58. The van der Waals surface area contributed by atoms with Gasteiger partial charge in [0, 0.05) is 19.1 Å². The van der Waals surface area contributed by atoms with Crippen LogP contribution in [0.4, 0.5) is 4.79 Å². The van der Waals surface area contributed by atoms with Gasteiger partial charge in [-0.05, 0) is 44.6 Å². The lowest BCUT2D eigenvalue weighted by molar-refractivity contribution is 0.157. The molecule has 2 rings (SSSR count). The van der Waals surface area contributed by atoms with Crippen LogP contribution in [0.25, 0.3) is 0 Å². The molecule has 2 fully saturated rings. The van der Waals surface area contributed by atoms with E-state index in [4.69, 9.17) is 5.73 Å². The predicted octanol–water partition coefficient (Wildman–Crippen LogP) is 2.09. The number of carbonyl (C=O) groups excluding carboxylic acids is 1. The SMILES string of the molecule is NCCC1CCCN(C(=O)NC2CCCCC2)C1. The maximum atomic E-state index is 12.2. The Hall–Kier alpha value is -0.770. The van der Waals surface area contributed by atoms with Gasteiger partial charge in [0.1, 0.15) is 0 Å². The second-order valence-electron chi connectivity index (χ2n) is 5.82. The molecule has 18 heavy (non-hydrogen) atoms. The first-order valence-electron chi connectivity index (χ1n) is 7.55. The van der Waals surface area contributed by atoms with E-state index in [9.17, 15) is 4.79 Å². The van der Waals surface area contributed by atoms with E-state index in [2.05, 4.69) is 5.32 Å². The molecule has 1 aliphatic carbocycles. The third-order valence-electron chi connectivity index (χ3n) is 4.31. The third kappa shape index (κ3) is 3.87. The van der Waals surface area contributed by atoms with Crippen molar-refractivity contribution in [3.05, 3.63) is 0 Å². The van der Waals surface area contributed by atoms with Crippen LogP contribution in [0.5, 0.6) is 0 Å². The van der Waals surface area contributed by atoms with E-state index < -0.39 is 0 Å². The van der Waals surface area contributed by atoms with Gasteiger partial charge in [-0.3, -0.25) is 0 Å². The number of urea groups is 1. The highest BCUT2D eigenvalue weighted by molar-refractivity contribution is 5.74. The highest BCUT2D eigenvalue weighted by atomic mass is 16.2. The van der Waals surface area contributed by atoms with E-state index in [1.165, 1.54) is 25.7 Å². The summed E-state index contributed by atoms with van der Waals surface area (Å²) < 4.78 is 0. The summed E-state index contributed by atoms with van der Waals surface area (Å²) >= 11 is 0. The van der Waals surface area contributed by atoms with Crippen molar-refractivity contribution in [3.8, 4) is 0 Å². The van der Waals surface area contributed by atoms with Crippen molar-refractivity contribution in [3.63, 3.8) is 0 Å². The molecule has 0 aromatic rings. The molecule has 2 amide bonds. The van der Waals surface area contributed by atoms with Gasteiger partial charge in [-0.25, -0.2) is 4.79 Å². The number of likely N-dealkylation sites (tertiary alicyclic amines) is 1. The van der Waals surface area contributed by atoms with Gasteiger partial charge < -0.3 is 16.0 Å². The second kappa shape index (κ2) is 6.98. The Morgan fingerprint density at radius 1 is 1.17 bits per heavy atom. The highest BCUT2D eigenvalue weighted by Gasteiger charge is 2.25. The molecule has 1 unspecified atom stereocenters. The molecule has 1 aliphatic heterocycles. The third-order valence-corrected chi connectivity index (χ3v) is 4.31. The largest absolute Gasteiger partial charge is 0.335 e. The first kappa shape index (κ1) is 13.7. The van der Waals surface area contributed by atoms with Crippen LogP contribution in [-0.2, 0) is 0 Å². The quantitative estimate of drug-likeness (QED) is 0.809. The van der Waals surface area contributed by atoms with E-state index in [0.717, 1.165) is 45.3 Å². The zero-order valence-corrected chi connectivity index (χ0v) is 11.4. The fraction of sp³-hybridized carbons (Fsp3) is 0.929. The molecule has 1 heterocycles. The van der Waals surface area contributed by atoms with Crippen LogP contribution in [0.3, 0.4) is 0 Å². The number of hydrogen-bond donors (Lipinski definition) is 2. The lowest BCUT2D eigenvalue weighted by Crippen LogP contribution is -2.49. The predicted molar refractivity (Wildman–Crippen MR) is 73.4 cm³/mol. The summed E-state index contributed by atoms with van der Waals surface area (Å²) in [7, 11) is 0. The Balaban J connectivity index is 1.76. The summed E-state index contributed by atoms with van der Waals surface area (Å²) in [5, 5.41) is 3.21. The molecular weight excluding hydrogens is 226 g/mol. The zero-order valence-electron chi connectivity index (χ0n) is 11.4. The smallest absolute Gasteiger partial charge is 0.317 e. The normalized spacial score (nSPS) is 26.1. The monoisotopic (exact) mass is 253 g/mol. The molecule has 0 radical (unpaired) electrons. The molecular formula is C14H27N3O. The summed E-state index contributed by atoms with van der Waals surface area (Å²) in [5.41, 5.74) is 5.61. The van der Waals surface area contributed by atoms with Crippen molar-refractivity contribution in [2.75, 3.05) is 19.6 Å². The average Bonchev–Trinajstić information content (AvgIpc) is 2.40. The molecule has 104 valence electrons. The number of amides is 2. The Labute approximate surface area is 110 Å². The standard InChI is InChI=1S/C14H27N3O/c15-9-8-12-5-4-10-17(11-12)14(18)16-13-6-2-1-3-7-13/h12-13H,1-11,15H2,(H,16,18). The molecule has 4 nitrogen and oxygen atoms in total. The van der Waals surface area contributed by atoms with Gasteiger partial charge in [0.15, 0.2) is 0 Å². The number of rotatable bonds is 3. The minimum atomic E-state index is 0.156. The van der Waals surface area contributed by atoms with Gasteiger partial charge in [-0.1, -0.05) is 19.3 Å². The average molecular weight is 253 g/mol. The topological polar surface area (TPSA) is 58.4 Å². The molecule has 0 aromatic heterocycles. The highest BCUT2D eigenvalue weighted by Crippen LogP contribution is 2.21. The maximum Gasteiger partial charge on any atom is 0.317 e. The van der Waals surface area contributed by atoms with E-state index in [1.54, 1.807) is 0 Å². The number of nitrogens with zero attached hydrogens (tertiary/aromatic N) is 1. The minimum Gasteiger partial charge on any atom is -0.335 e. The summed E-state index contributed by atoms with van der Waals surface area (Å²) in [6, 6.07) is 0.574. The number of nitrogens with one attached hydrogen (secondary N) is 1. The first-order chi connectivity index (χ1) is 8.79. The molecule has 1 atom stereocenters. The Bertz CT molecular complexity index is 262. The summed E-state index contributed by atoms with van der Waals surface area (Å²) in [6.45, 7) is 2.55. The first-order valence-corrected chi connectivity index (χ1v) is 7.55. The molecule has 0 aromatic carbocycles. The number of piperidine rings is 1. The van der Waals surface area contributed by atoms with Gasteiger partial charge in [0.2, 0.25) is 0 Å². The number of nitrogens with two attached hydrogens (primary N) is 1. The Morgan fingerprint density at radius 2 is 1.94 bits per heavy atom. The molecule has 4 heteroatoms. The molecule has 0 bridgehead atoms. The fourth-order valence-corrected chi connectivity index (χ4v) is 3.23. The van der Waals surface area contributed by atoms with Gasteiger partial charge in [0.25, 0.3) is 0 Å². The van der Waals surface area contributed by atoms with Crippen molar-refractivity contribution < 1.29 is 4.79 Å². The van der Waals surface area contributed by atoms with E-state index >= 15 is 0 Å². The van der Waals surface area contributed by atoms with Crippen molar-refractivity contribution in [1.29, 1.82) is 0 Å². The van der Waals surface area contributed by atoms with Crippen LogP contribution >= 0.6 is 0 Å². The number of carbonyl (C=O) groups is 1. The van der Waals surface area contributed by atoms with E-state index in [0.29, 0.717) is 12.0 Å². The van der Waals surface area contributed by atoms with Crippen LogP contribution in [0, 0.1) is 5.92 Å². The van der Waals surface area contributed by atoms with Gasteiger partial charge in [0.05, 0.1) is 0 Å². The van der Waals surface area contributed by atoms with Crippen molar-refractivity contribution in [2.45, 2.75) is 57.4 Å². The second-order valence-corrected chi connectivity index (χ2v) is 5.82. The lowest BCUT2D eigenvalue weighted by atomic mass is 9.94. The van der Waals surface area contributed by atoms with Crippen LogP contribution in [-0.4, -0.2) is 36.6 Å². The zero-order chi connectivity index (χ0) is 12.8. The molecule has 0 spiro atoms. The van der Waals surface area contributed by atoms with Gasteiger partial charge in [-0.2, -0.15) is 0 Å². The Kier molecular flexibility index (Phi) is 5.29. The van der Waals surface area contributed by atoms with E-state index in [1.807, 2.05) is 4.90 Å². The summed E-state index contributed by atoms with van der Waals surface area (Å²) in [5.74, 6) is 0.612. The minimum absolute atomic E-state index is 0.156. The number of hydrogen-bond acceptors (Lipinski definition) is 2. The van der Waals surface area contributed by atoms with Gasteiger partial charge in [-0.15, -0.1) is 0 Å². The molecule has 1 saturated heterocycles. The van der Waals surface area contributed by atoms with Crippen molar-refractivity contribution in [2.24, 2.45) is 11.7 Å². The fourth-order valence-electron chi connectivity index (χ4n) is 3.23. The maximum absolute atomic E-state index is 12.2. The van der Waals surface area contributed by atoms with Crippen LogP contribution in [0.2, 0.25) is 0 Å². The Morgan fingerprint density at radius 3 is 2.67 bits per heavy atom. The molecule has 1 saturated carbocycles. The van der Waals surface area contributed by atoms with Crippen molar-refractivity contribution >= 4 is 6.03 Å². The lowest BCUT2D eigenvalue weighted by Gasteiger charge is -2.34. The van der Waals surface area contributed by atoms with Crippen molar-refractivity contribution in [1.82, 2.24) is 10.2 Å². The molecule has 2 aliphatic rings. The van der Waals surface area contributed by atoms with Gasteiger partial charge >= 0.3 is 6.03 Å².